The Hall–Kier alpha value is -1.15. The van der Waals surface area contributed by atoms with Crippen LogP contribution < -0.4 is 4.72 Å². The molecular formula is C11H19NO6S. The summed E-state index contributed by atoms with van der Waals surface area (Å²) in [6.45, 7) is 0. The molecule has 7 nitrogen and oxygen atoms in total. The number of hydrogen-bond donors (Lipinski definition) is 2. The zero-order valence-corrected chi connectivity index (χ0v) is 11.6. The van der Waals surface area contributed by atoms with Gasteiger partial charge in [-0.25, -0.2) is 13.1 Å². The molecule has 19 heavy (non-hydrogen) atoms. The van der Waals surface area contributed by atoms with E-state index in [9.17, 15) is 18.0 Å². The molecule has 8 heteroatoms. The molecule has 0 aromatic rings. The molecule has 2 atom stereocenters. The van der Waals surface area contributed by atoms with Crippen LogP contribution in [-0.2, 0) is 24.3 Å². The predicted octanol–water partition coefficient (Wildman–Crippen LogP) is 0.112. The molecule has 110 valence electrons. The van der Waals surface area contributed by atoms with Gasteiger partial charge >= 0.3 is 11.9 Å². The van der Waals surface area contributed by atoms with Gasteiger partial charge in [0, 0.05) is 6.04 Å². The van der Waals surface area contributed by atoms with Crippen LogP contribution in [0.1, 0.15) is 32.1 Å². The van der Waals surface area contributed by atoms with Crippen molar-refractivity contribution in [2.45, 2.75) is 38.1 Å². The highest BCUT2D eigenvalue weighted by atomic mass is 32.2. The number of rotatable bonds is 5. The van der Waals surface area contributed by atoms with Gasteiger partial charge in [0.2, 0.25) is 10.0 Å². The molecule has 1 aliphatic carbocycles. The summed E-state index contributed by atoms with van der Waals surface area (Å²) in [5.41, 5.74) is 0. The maximum Gasteiger partial charge on any atom is 0.322 e. The smallest absolute Gasteiger partial charge is 0.322 e. The van der Waals surface area contributed by atoms with Crippen LogP contribution in [0.5, 0.6) is 0 Å². The second-order valence-electron chi connectivity index (χ2n) is 4.64. The van der Waals surface area contributed by atoms with Crippen molar-refractivity contribution in [2.24, 2.45) is 5.92 Å². The van der Waals surface area contributed by atoms with E-state index in [4.69, 9.17) is 5.11 Å². The van der Waals surface area contributed by atoms with Crippen molar-refractivity contribution in [3.05, 3.63) is 0 Å². The molecule has 1 fully saturated rings. The van der Waals surface area contributed by atoms with Gasteiger partial charge in [-0.1, -0.05) is 19.3 Å². The van der Waals surface area contributed by atoms with Crippen molar-refractivity contribution < 1.29 is 27.9 Å². The molecular weight excluding hydrogens is 274 g/mol. The Balaban J connectivity index is 2.75. The Morgan fingerprint density at radius 1 is 1.26 bits per heavy atom. The van der Waals surface area contributed by atoms with Crippen molar-refractivity contribution in [3.63, 3.8) is 0 Å². The molecule has 0 radical (unpaired) electrons. The lowest BCUT2D eigenvalue weighted by Gasteiger charge is -2.22. The molecule has 0 amide bonds. The van der Waals surface area contributed by atoms with Gasteiger partial charge in [0.25, 0.3) is 0 Å². The number of hydrogen-bond acceptors (Lipinski definition) is 5. The van der Waals surface area contributed by atoms with E-state index in [1.165, 1.54) is 0 Å². The Bertz CT molecular complexity index is 432. The Labute approximate surface area is 112 Å². The number of nitrogens with one attached hydrogen (secondary N) is 1. The highest BCUT2D eigenvalue weighted by molar-refractivity contribution is 7.90. The largest absolute Gasteiger partial charge is 0.481 e. The Morgan fingerprint density at radius 3 is 2.47 bits per heavy atom. The van der Waals surface area contributed by atoms with Crippen molar-refractivity contribution in [2.75, 3.05) is 12.9 Å². The average Bonchev–Trinajstić information content (AvgIpc) is 2.53. The highest BCUT2D eigenvalue weighted by Gasteiger charge is 2.33. The Morgan fingerprint density at radius 2 is 1.89 bits per heavy atom. The minimum absolute atomic E-state index is 0.445. The van der Waals surface area contributed by atoms with E-state index in [0.717, 1.165) is 26.4 Å². The van der Waals surface area contributed by atoms with Gasteiger partial charge < -0.3 is 9.84 Å². The van der Waals surface area contributed by atoms with Crippen LogP contribution in [-0.4, -0.2) is 44.4 Å². The molecule has 0 aromatic heterocycles. The minimum Gasteiger partial charge on any atom is -0.481 e. The molecule has 0 spiro atoms. The number of carbonyl (C=O) groups excluding carboxylic acids is 1. The monoisotopic (exact) mass is 293 g/mol. The number of carboxylic acids is 1. The van der Waals surface area contributed by atoms with E-state index >= 15 is 0 Å². The fourth-order valence-corrected chi connectivity index (χ4v) is 3.49. The number of aliphatic carboxylic acids is 1. The van der Waals surface area contributed by atoms with E-state index in [1.807, 2.05) is 0 Å². The van der Waals surface area contributed by atoms with Crippen molar-refractivity contribution in [1.29, 1.82) is 0 Å². The fraction of sp³-hybridized carbons (Fsp3) is 0.818. The minimum atomic E-state index is -3.86. The molecule has 0 saturated heterocycles. The SMILES string of the molecule is COC(=O)CS(=O)(=O)NC1CCCCCC1C(=O)O. The lowest BCUT2D eigenvalue weighted by atomic mass is 9.96. The molecule has 1 aliphatic rings. The van der Waals surface area contributed by atoms with Crippen molar-refractivity contribution >= 4 is 22.0 Å². The van der Waals surface area contributed by atoms with Gasteiger partial charge in [-0.2, -0.15) is 0 Å². The second-order valence-corrected chi connectivity index (χ2v) is 6.40. The third-order valence-electron chi connectivity index (χ3n) is 3.20. The average molecular weight is 293 g/mol. The first-order valence-corrected chi connectivity index (χ1v) is 7.80. The predicted molar refractivity (Wildman–Crippen MR) is 66.9 cm³/mol. The van der Waals surface area contributed by atoms with Crippen LogP contribution in [0, 0.1) is 5.92 Å². The van der Waals surface area contributed by atoms with Crippen LogP contribution in [0.2, 0.25) is 0 Å². The molecule has 0 aromatic carbocycles. The number of sulfonamides is 1. The quantitative estimate of drug-likeness (QED) is 0.550. The lowest BCUT2D eigenvalue weighted by molar-refractivity contribution is -0.142. The van der Waals surface area contributed by atoms with E-state index in [0.29, 0.717) is 12.8 Å². The van der Waals surface area contributed by atoms with Crippen LogP contribution in [0.25, 0.3) is 0 Å². The number of carboxylic acid groups (broad SMARTS) is 1. The van der Waals surface area contributed by atoms with E-state index < -0.39 is 39.7 Å². The summed E-state index contributed by atoms with van der Waals surface area (Å²) < 4.78 is 30.1. The number of methoxy groups -OCH3 is 1. The van der Waals surface area contributed by atoms with Crippen molar-refractivity contribution in [1.82, 2.24) is 4.72 Å². The maximum atomic E-state index is 11.7. The molecule has 0 heterocycles. The van der Waals surface area contributed by atoms with Gasteiger partial charge in [-0.3, -0.25) is 9.59 Å². The van der Waals surface area contributed by atoms with E-state index in [1.54, 1.807) is 0 Å². The first kappa shape index (κ1) is 15.9. The molecule has 0 bridgehead atoms. The lowest BCUT2D eigenvalue weighted by Crippen LogP contribution is -2.44. The zero-order valence-electron chi connectivity index (χ0n) is 10.8. The molecule has 0 aliphatic heterocycles. The summed E-state index contributed by atoms with van der Waals surface area (Å²) in [6.07, 6.45) is 3.35. The number of carbonyl (C=O) groups is 2. The van der Waals surface area contributed by atoms with Crippen LogP contribution in [0.15, 0.2) is 0 Å². The first-order chi connectivity index (χ1) is 8.85. The third-order valence-corrected chi connectivity index (χ3v) is 4.48. The van der Waals surface area contributed by atoms with E-state index in [-0.39, 0.29) is 0 Å². The van der Waals surface area contributed by atoms with Crippen LogP contribution >= 0.6 is 0 Å². The topological polar surface area (TPSA) is 110 Å². The van der Waals surface area contributed by atoms with Gasteiger partial charge in [-0.05, 0) is 12.8 Å². The van der Waals surface area contributed by atoms with Crippen LogP contribution in [0.4, 0.5) is 0 Å². The van der Waals surface area contributed by atoms with Crippen LogP contribution in [0.3, 0.4) is 0 Å². The molecule has 2 unspecified atom stereocenters. The van der Waals surface area contributed by atoms with Gasteiger partial charge in [0.15, 0.2) is 5.75 Å². The first-order valence-electron chi connectivity index (χ1n) is 6.15. The molecule has 1 rings (SSSR count). The second kappa shape index (κ2) is 6.85. The molecule has 2 N–H and O–H groups in total. The van der Waals surface area contributed by atoms with Crippen molar-refractivity contribution in [3.8, 4) is 0 Å². The maximum absolute atomic E-state index is 11.7. The Kier molecular flexibility index (Phi) is 5.74. The third kappa shape index (κ3) is 5.15. The standard InChI is InChI=1S/C11H19NO6S/c1-18-10(13)7-19(16,17)12-9-6-4-2-3-5-8(9)11(14)15/h8-9,12H,2-7H2,1H3,(H,14,15). The molecule has 1 saturated carbocycles. The van der Waals surface area contributed by atoms with E-state index in [2.05, 4.69) is 9.46 Å². The number of ether oxygens (including phenoxy) is 1. The summed E-state index contributed by atoms with van der Waals surface area (Å²) in [4.78, 5) is 22.2. The van der Waals surface area contributed by atoms with Gasteiger partial charge in [-0.15, -0.1) is 0 Å². The summed E-state index contributed by atoms with van der Waals surface area (Å²) in [6, 6.07) is -0.658. The highest BCUT2D eigenvalue weighted by Crippen LogP contribution is 2.24. The zero-order chi connectivity index (χ0) is 14.5. The van der Waals surface area contributed by atoms with Gasteiger partial charge in [0.1, 0.15) is 0 Å². The summed E-state index contributed by atoms with van der Waals surface area (Å²) >= 11 is 0. The van der Waals surface area contributed by atoms with Gasteiger partial charge in [0.05, 0.1) is 13.0 Å². The summed E-state index contributed by atoms with van der Waals surface area (Å²) in [5, 5.41) is 9.13. The summed E-state index contributed by atoms with van der Waals surface area (Å²) in [7, 11) is -2.76. The normalized spacial score (nSPS) is 24.5. The fourth-order valence-electron chi connectivity index (χ4n) is 2.23. The number of esters is 1. The summed E-state index contributed by atoms with van der Waals surface area (Å²) in [5.74, 6) is -3.40.